The molecule has 1 aliphatic carbocycles. The maximum absolute atomic E-state index is 4.64. The van der Waals surface area contributed by atoms with Crippen LogP contribution in [-0.4, -0.2) is 9.97 Å². The van der Waals surface area contributed by atoms with E-state index in [9.17, 15) is 0 Å². The summed E-state index contributed by atoms with van der Waals surface area (Å²) in [4.78, 5) is 8.94. The predicted molar refractivity (Wildman–Crippen MR) is 63.2 cm³/mol. The van der Waals surface area contributed by atoms with Crippen LogP contribution in [0.4, 0.5) is 0 Å². The van der Waals surface area contributed by atoms with E-state index in [4.69, 9.17) is 0 Å². The highest BCUT2D eigenvalue weighted by molar-refractivity contribution is 7.18. The maximum Gasteiger partial charge on any atom is 0.170 e. The molecule has 0 radical (unpaired) electrons. The van der Waals surface area contributed by atoms with Crippen molar-refractivity contribution in [1.82, 2.24) is 9.97 Å². The summed E-state index contributed by atoms with van der Waals surface area (Å²) in [5, 5.41) is 1.31. The predicted octanol–water partition coefficient (Wildman–Crippen LogP) is 3.74. The van der Waals surface area contributed by atoms with Gasteiger partial charge in [-0.15, -0.1) is 11.3 Å². The average Bonchev–Trinajstić information content (AvgIpc) is 2.74. The van der Waals surface area contributed by atoms with Crippen molar-refractivity contribution in [3.05, 3.63) is 23.3 Å². The van der Waals surface area contributed by atoms with E-state index in [-0.39, 0.29) is 0 Å². The van der Waals surface area contributed by atoms with Crippen molar-refractivity contribution in [3.8, 4) is 0 Å². The molecule has 0 aromatic carbocycles. The zero-order chi connectivity index (χ0) is 10.1. The van der Waals surface area contributed by atoms with Crippen molar-refractivity contribution in [2.45, 2.75) is 38.0 Å². The second-order valence-electron chi connectivity index (χ2n) is 4.21. The van der Waals surface area contributed by atoms with Crippen molar-refractivity contribution in [2.24, 2.45) is 0 Å². The number of hydrogen-bond donors (Lipinski definition) is 0. The molecule has 2 heterocycles. The van der Waals surface area contributed by atoms with Gasteiger partial charge in [-0.2, -0.15) is 0 Å². The molecule has 0 bridgehead atoms. The molecule has 0 aliphatic heterocycles. The summed E-state index contributed by atoms with van der Waals surface area (Å²) in [6, 6.07) is 4.11. The van der Waals surface area contributed by atoms with Gasteiger partial charge in [0.05, 0.1) is 9.71 Å². The lowest BCUT2D eigenvalue weighted by atomic mass is 9.90. The molecular weight excluding hydrogens is 204 g/mol. The highest BCUT2D eigenvalue weighted by atomic mass is 32.1. The van der Waals surface area contributed by atoms with Crippen molar-refractivity contribution in [1.29, 1.82) is 0 Å². The molecule has 3 rings (SSSR count). The Bertz CT molecular complexity index is 424. The van der Waals surface area contributed by atoms with Crippen LogP contribution >= 0.6 is 11.3 Å². The van der Waals surface area contributed by atoms with E-state index in [0.29, 0.717) is 5.92 Å². The standard InChI is InChI=1S/C12H14N2S/c1-2-5-9(6-3-1)12-14-11-10(15-12)7-4-8-13-11/h4,7-9H,1-3,5-6H2. The van der Waals surface area contributed by atoms with Gasteiger partial charge in [0.15, 0.2) is 5.65 Å². The summed E-state index contributed by atoms with van der Waals surface area (Å²) in [7, 11) is 0. The van der Waals surface area contributed by atoms with E-state index in [2.05, 4.69) is 16.0 Å². The Hall–Kier alpha value is -0.960. The minimum absolute atomic E-state index is 0.706. The third kappa shape index (κ3) is 1.76. The second kappa shape index (κ2) is 3.89. The summed E-state index contributed by atoms with van der Waals surface area (Å²) < 4.78 is 1.23. The van der Waals surface area contributed by atoms with Gasteiger partial charge in [0.1, 0.15) is 0 Å². The maximum atomic E-state index is 4.64. The van der Waals surface area contributed by atoms with Crippen LogP contribution in [-0.2, 0) is 0 Å². The van der Waals surface area contributed by atoms with Crippen LogP contribution in [0.2, 0.25) is 0 Å². The third-order valence-electron chi connectivity index (χ3n) is 3.14. The van der Waals surface area contributed by atoms with E-state index >= 15 is 0 Å². The number of hydrogen-bond acceptors (Lipinski definition) is 3. The van der Waals surface area contributed by atoms with Crippen LogP contribution in [0.5, 0.6) is 0 Å². The molecule has 0 N–H and O–H groups in total. The molecule has 78 valence electrons. The largest absolute Gasteiger partial charge is 0.236 e. The van der Waals surface area contributed by atoms with E-state index in [1.54, 1.807) is 0 Å². The molecular formula is C12H14N2S. The molecule has 0 unspecified atom stereocenters. The molecule has 15 heavy (non-hydrogen) atoms. The lowest BCUT2D eigenvalue weighted by Crippen LogP contribution is -2.03. The van der Waals surface area contributed by atoms with Crippen LogP contribution in [0.3, 0.4) is 0 Å². The number of nitrogens with zero attached hydrogens (tertiary/aromatic N) is 2. The Morgan fingerprint density at radius 3 is 2.87 bits per heavy atom. The smallest absolute Gasteiger partial charge is 0.170 e. The number of thiazole rings is 1. The summed E-state index contributed by atoms with van der Waals surface area (Å²) in [6.07, 6.45) is 8.61. The molecule has 0 atom stereocenters. The first-order valence-electron chi connectivity index (χ1n) is 5.65. The van der Waals surface area contributed by atoms with Crippen LogP contribution in [0.25, 0.3) is 10.3 Å². The Morgan fingerprint density at radius 1 is 1.20 bits per heavy atom. The Morgan fingerprint density at radius 2 is 2.07 bits per heavy atom. The van der Waals surface area contributed by atoms with E-state index in [1.165, 1.54) is 41.8 Å². The van der Waals surface area contributed by atoms with E-state index in [1.807, 2.05) is 23.6 Å². The summed E-state index contributed by atoms with van der Waals surface area (Å²) >= 11 is 1.83. The molecule has 1 fully saturated rings. The molecule has 1 aliphatic rings. The van der Waals surface area contributed by atoms with Crippen LogP contribution < -0.4 is 0 Å². The van der Waals surface area contributed by atoms with Gasteiger partial charge in [0.2, 0.25) is 0 Å². The fraction of sp³-hybridized carbons (Fsp3) is 0.500. The first-order valence-corrected chi connectivity index (χ1v) is 6.46. The minimum atomic E-state index is 0.706. The summed E-state index contributed by atoms with van der Waals surface area (Å²) in [6.45, 7) is 0. The van der Waals surface area contributed by atoms with Gasteiger partial charge in [-0.3, -0.25) is 0 Å². The van der Waals surface area contributed by atoms with Crippen molar-refractivity contribution in [3.63, 3.8) is 0 Å². The molecule has 0 amide bonds. The quantitative estimate of drug-likeness (QED) is 0.728. The van der Waals surface area contributed by atoms with E-state index < -0.39 is 0 Å². The van der Waals surface area contributed by atoms with Gasteiger partial charge in [-0.05, 0) is 25.0 Å². The van der Waals surface area contributed by atoms with Crippen molar-refractivity contribution >= 4 is 21.7 Å². The Balaban J connectivity index is 1.96. The fourth-order valence-corrected chi connectivity index (χ4v) is 3.41. The molecule has 3 heteroatoms. The highest BCUT2D eigenvalue weighted by Crippen LogP contribution is 2.36. The van der Waals surface area contributed by atoms with Gasteiger partial charge in [0, 0.05) is 12.1 Å². The first-order chi connectivity index (χ1) is 7.43. The van der Waals surface area contributed by atoms with Gasteiger partial charge in [0.25, 0.3) is 0 Å². The molecule has 2 aromatic rings. The highest BCUT2D eigenvalue weighted by Gasteiger charge is 2.19. The molecule has 0 spiro atoms. The number of pyridine rings is 1. The normalized spacial score (nSPS) is 18.4. The third-order valence-corrected chi connectivity index (χ3v) is 4.31. The van der Waals surface area contributed by atoms with Crippen molar-refractivity contribution in [2.75, 3.05) is 0 Å². The van der Waals surface area contributed by atoms with Crippen LogP contribution in [0, 0.1) is 0 Å². The van der Waals surface area contributed by atoms with Gasteiger partial charge < -0.3 is 0 Å². The molecule has 2 nitrogen and oxygen atoms in total. The lowest BCUT2D eigenvalue weighted by Gasteiger charge is -2.18. The molecule has 1 saturated carbocycles. The lowest BCUT2D eigenvalue weighted by molar-refractivity contribution is 0.443. The van der Waals surface area contributed by atoms with Crippen LogP contribution in [0.15, 0.2) is 18.3 Å². The topological polar surface area (TPSA) is 25.8 Å². The minimum Gasteiger partial charge on any atom is -0.236 e. The Labute approximate surface area is 93.4 Å². The average molecular weight is 218 g/mol. The van der Waals surface area contributed by atoms with Gasteiger partial charge >= 0.3 is 0 Å². The van der Waals surface area contributed by atoms with E-state index in [0.717, 1.165) is 5.65 Å². The summed E-state index contributed by atoms with van der Waals surface area (Å²) in [5.41, 5.74) is 0.933. The first kappa shape index (κ1) is 9.28. The number of aromatic nitrogens is 2. The number of fused-ring (bicyclic) bond motifs is 1. The van der Waals surface area contributed by atoms with Crippen LogP contribution in [0.1, 0.15) is 43.0 Å². The Kier molecular flexibility index (Phi) is 2.41. The van der Waals surface area contributed by atoms with Gasteiger partial charge in [-0.25, -0.2) is 9.97 Å². The van der Waals surface area contributed by atoms with Gasteiger partial charge in [-0.1, -0.05) is 19.3 Å². The number of rotatable bonds is 1. The zero-order valence-corrected chi connectivity index (χ0v) is 9.46. The monoisotopic (exact) mass is 218 g/mol. The SMILES string of the molecule is c1cnc2nc(C3CCCCC3)sc2c1. The second-order valence-corrected chi connectivity index (χ2v) is 5.27. The molecule has 0 saturated heterocycles. The zero-order valence-electron chi connectivity index (χ0n) is 8.65. The molecule has 2 aromatic heterocycles. The van der Waals surface area contributed by atoms with Crippen molar-refractivity contribution < 1.29 is 0 Å². The fourth-order valence-electron chi connectivity index (χ4n) is 2.31. The summed E-state index contributed by atoms with van der Waals surface area (Å²) in [5.74, 6) is 0.706.